The highest BCUT2D eigenvalue weighted by atomic mass is 79.9. The Kier molecular flexibility index (Phi) is 3.71. The van der Waals surface area contributed by atoms with Gasteiger partial charge in [-0.05, 0) is 44.0 Å². The molecule has 0 aromatic carbocycles. The number of anilines is 1. The Hall–Kier alpha value is -0.460. The molecule has 0 saturated heterocycles. The molecule has 2 aromatic rings. The first-order valence-corrected chi connectivity index (χ1v) is 6.60. The molecule has 2 aromatic heterocycles. The molecule has 0 aliphatic heterocycles. The van der Waals surface area contributed by atoms with Crippen LogP contribution in [0.15, 0.2) is 32.9 Å². The monoisotopic (exact) mass is 347 g/mol. The Labute approximate surface area is 108 Å². The zero-order valence-electron chi connectivity index (χ0n) is 7.58. The van der Waals surface area contributed by atoms with Gasteiger partial charge in [-0.2, -0.15) is 0 Å². The molecule has 0 atom stereocenters. The van der Waals surface area contributed by atoms with Crippen LogP contribution in [0.3, 0.4) is 0 Å². The van der Waals surface area contributed by atoms with Gasteiger partial charge in [-0.3, -0.25) is 0 Å². The molecule has 0 bridgehead atoms. The van der Waals surface area contributed by atoms with Gasteiger partial charge in [0.2, 0.25) is 0 Å². The lowest BCUT2D eigenvalue weighted by Crippen LogP contribution is -1.99. The standard InChI is InChI=1S/C9H7Br2N3S/c10-7-4-14-9(5-12-7)13-3-6-1-2-8(11)15-6/h1-2,4-5H,3H2,(H,13,14). The van der Waals surface area contributed by atoms with Crippen molar-refractivity contribution in [2.45, 2.75) is 6.54 Å². The molecule has 3 nitrogen and oxygen atoms in total. The molecule has 0 fully saturated rings. The number of thiophene rings is 1. The Bertz CT molecular complexity index is 441. The Balaban J connectivity index is 1.96. The van der Waals surface area contributed by atoms with Crippen LogP contribution in [-0.4, -0.2) is 9.97 Å². The van der Waals surface area contributed by atoms with E-state index >= 15 is 0 Å². The van der Waals surface area contributed by atoms with Gasteiger partial charge in [-0.1, -0.05) is 0 Å². The van der Waals surface area contributed by atoms with Crippen LogP contribution < -0.4 is 5.32 Å². The van der Waals surface area contributed by atoms with Gasteiger partial charge >= 0.3 is 0 Å². The summed E-state index contributed by atoms with van der Waals surface area (Å²) in [5, 5.41) is 3.20. The van der Waals surface area contributed by atoms with Crippen molar-refractivity contribution in [2.75, 3.05) is 5.32 Å². The van der Waals surface area contributed by atoms with Crippen LogP contribution in [0.5, 0.6) is 0 Å². The van der Waals surface area contributed by atoms with E-state index in [2.05, 4.69) is 53.2 Å². The van der Waals surface area contributed by atoms with E-state index in [0.29, 0.717) is 0 Å². The van der Waals surface area contributed by atoms with Gasteiger partial charge in [0.1, 0.15) is 10.4 Å². The van der Waals surface area contributed by atoms with Crippen molar-refractivity contribution in [3.63, 3.8) is 0 Å². The number of aromatic nitrogens is 2. The van der Waals surface area contributed by atoms with Crippen LogP contribution in [-0.2, 0) is 6.54 Å². The number of nitrogens with zero attached hydrogens (tertiary/aromatic N) is 2. The van der Waals surface area contributed by atoms with E-state index in [0.717, 1.165) is 20.8 Å². The van der Waals surface area contributed by atoms with E-state index in [1.807, 2.05) is 6.07 Å². The van der Waals surface area contributed by atoms with Crippen LogP contribution in [0.25, 0.3) is 0 Å². The molecule has 0 aliphatic rings. The van der Waals surface area contributed by atoms with E-state index in [1.54, 1.807) is 23.7 Å². The lowest BCUT2D eigenvalue weighted by Gasteiger charge is -2.02. The third-order valence-corrected chi connectivity index (χ3v) is 3.73. The van der Waals surface area contributed by atoms with E-state index in [9.17, 15) is 0 Å². The summed E-state index contributed by atoms with van der Waals surface area (Å²) in [6, 6.07) is 4.11. The van der Waals surface area contributed by atoms with Crippen molar-refractivity contribution in [1.29, 1.82) is 0 Å². The molecule has 0 spiro atoms. The lowest BCUT2D eigenvalue weighted by atomic mass is 10.4. The summed E-state index contributed by atoms with van der Waals surface area (Å²) in [4.78, 5) is 9.51. The second kappa shape index (κ2) is 5.05. The molecule has 15 heavy (non-hydrogen) atoms. The number of rotatable bonds is 3. The molecular formula is C9H7Br2N3S. The number of halogens is 2. The largest absolute Gasteiger partial charge is 0.364 e. The van der Waals surface area contributed by atoms with Gasteiger partial charge in [-0.15, -0.1) is 11.3 Å². The average Bonchev–Trinajstić information content (AvgIpc) is 2.64. The maximum Gasteiger partial charge on any atom is 0.144 e. The van der Waals surface area contributed by atoms with Crippen molar-refractivity contribution in [3.05, 3.63) is 37.8 Å². The summed E-state index contributed by atoms with van der Waals surface area (Å²) >= 11 is 8.37. The highest BCUT2D eigenvalue weighted by molar-refractivity contribution is 9.11. The van der Waals surface area contributed by atoms with Crippen LogP contribution in [0.2, 0.25) is 0 Å². The first-order valence-electron chi connectivity index (χ1n) is 4.19. The van der Waals surface area contributed by atoms with Gasteiger partial charge < -0.3 is 5.32 Å². The molecule has 0 aliphatic carbocycles. The summed E-state index contributed by atoms with van der Waals surface area (Å²) < 4.78 is 1.88. The molecule has 6 heteroatoms. The number of nitrogens with one attached hydrogen (secondary N) is 1. The molecule has 0 radical (unpaired) electrons. The van der Waals surface area contributed by atoms with E-state index < -0.39 is 0 Å². The van der Waals surface area contributed by atoms with Crippen molar-refractivity contribution < 1.29 is 0 Å². The van der Waals surface area contributed by atoms with Crippen molar-refractivity contribution in [3.8, 4) is 0 Å². The predicted octanol–water partition coefficient (Wildman–Crippen LogP) is 3.68. The summed E-state index contributed by atoms with van der Waals surface area (Å²) in [6.07, 6.45) is 3.37. The maximum atomic E-state index is 4.17. The maximum absolute atomic E-state index is 4.17. The third-order valence-electron chi connectivity index (χ3n) is 1.69. The number of hydrogen-bond donors (Lipinski definition) is 1. The molecular weight excluding hydrogens is 342 g/mol. The lowest BCUT2D eigenvalue weighted by molar-refractivity contribution is 1.09. The Morgan fingerprint density at radius 2 is 2.07 bits per heavy atom. The normalized spacial score (nSPS) is 10.3. The zero-order valence-corrected chi connectivity index (χ0v) is 11.6. The quantitative estimate of drug-likeness (QED) is 0.919. The third kappa shape index (κ3) is 3.25. The van der Waals surface area contributed by atoms with Crippen molar-refractivity contribution in [2.24, 2.45) is 0 Å². The van der Waals surface area contributed by atoms with Crippen molar-refractivity contribution >= 4 is 49.0 Å². The predicted molar refractivity (Wildman–Crippen MR) is 69.1 cm³/mol. The van der Waals surface area contributed by atoms with E-state index in [1.165, 1.54) is 4.88 Å². The molecule has 2 heterocycles. The van der Waals surface area contributed by atoms with Gasteiger partial charge in [0.05, 0.1) is 22.7 Å². The first-order chi connectivity index (χ1) is 7.24. The summed E-state index contributed by atoms with van der Waals surface area (Å²) in [5.74, 6) is 0.780. The van der Waals surface area contributed by atoms with Gasteiger partial charge in [0.15, 0.2) is 0 Å². The molecule has 78 valence electrons. The van der Waals surface area contributed by atoms with E-state index in [4.69, 9.17) is 0 Å². The van der Waals surface area contributed by atoms with Crippen LogP contribution in [0.4, 0.5) is 5.82 Å². The summed E-state index contributed by atoms with van der Waals surface area (Å²) in [7, 11) is 0. The Morgan fingerprint density at radius 1 is 1.20 bits per heavy atom. The fourth-order valence-corrected chi connectivity index (χ4v) is 2.66. The minimum Gasteiger partial charge on any atom is -0.364 e. The summed E-state index contributed by atoms with van der Waals surface area (Å²) in [5.41, 5.74) is 0. The fourth-order valence-electron chi connectivity index (χ4n) is 1.03. The van der Waals surface area contributed by atoms with E-state index in [-0.39, 0.29) is 0 Å². The second-order valence-corrected chi connectivity index (χ2v) is 6.14. The smallest absolute Gasteiger partial charge is 0.144 e. The Morgan fingerprint density at radius 3 is 2.67 bits per heavy atom. The molecule has 0 unspecified atom stereocenters. The fraction of sp³-hybridized carbons (Fsp3) is 0.111. The van der Waals surface area contributed by atoms with Crippen LogP contribution in [0.1, 0.15) is 4.88 Å². The van der Waals surface area contributed by atoms with Crippen molar-refractivity contribution in [1.82, 2.24) is 9.97 Å². The highest BCUT2D eigenvalue weighted by Gasteiger charge is 1.98. The molecule has 0 saturated carbocycles. The first kappa shape index (κ1) is 11.0. The molecule has 1 N–H and O–H groups in total. The van der Waals surface area contributed by atoms with Crippen LogP contribution in [0, 0.1) is 0 Å². The summed E-state index contributed by atoms with van der Waals surface area (Å²) in [6.45, 7) is 0.770. The number of hydrogen-bond acceptors (Lipinski definition) is 4. The minimum atomic E-state index is 0.743. The molecule has 2 rings (SSSR count). The van der Waals surface area contributed by atoms with Gasteiger partial charge in [0, 0.05) is 4.88 Å². The SMILES string of the molecule is Brc1cnc(NCc2ccc(Br)s2)cn1. The van der Waals surface area contributed by atoms with Gasteiger partial charge in [0.25, 0.3) is 0 Å². The van der Waals surface area contributed by atoms with Crippen LogP contribution >= 0.6 is 43.2 Å². The topological polar surface area (TPSA) is 37.8 Å². The minimum absolute atomic E-state index is 0.743. The highest BCUT2D eigenvalue weighted by Crippen LogP contribution is 2.22. The zero-order chi connectivity index (χ0) is 10.7. The average molecular weight is 349 g/mol. The van der Waals surface area contributed by atoms with Gasteiger partial charge in [-0.25, -0.2) is 9.97 Å². The molecule has 0 amide bonds. The second-order valence-electron chi connectivity index (χ2n) is 2.78.